The number of hydrogen-bond donors (Lipinski definition) is 2. The summed E-state index contributed by atoms with van der Waals surface area (Å²) in [4.78, 5) is 24.8. The van der Waals surface area contributed by atoms with Gasteiger partial charge in [0.25, 0.3) is 21.8 Å². The zero-order chi connectivity index (χ0) is 28.5. The third kappa shape index (κ3) is 7.69. The van der Waals surface area contributed by atoms with Gasteiger partial charge in [0.15, 0.2) is 6.61 Å². The van der Waals surface area contributed by atoms with E-state index < -0.39 is 15.9 Å². The van der Waals surface area contributed by atoms with Gasteiger partial charge in [-0.2, -0.15) is 5.10 Å². The van der Waals surface area contributed by atoms with E-state index in [4.69, 9.17) is 4.74 Å². The normalized spacial score (nSPS) is 14.1. The maximum absolute atomic E-state index is 12.9. The summed E-state index contributed by atoms with van der Waals surface area (Å²) in [6, 6.07) is 20.1. The highest BCUT2D eigenvalue weighted by molar-refractivity contribution is 7.92. The van der Waals surface area contributed by atoms with E-state index in [2.05, 4.69) is 15.8 Å². The highest BCUT2D eigenvalue weighted by Gasteiger charge is 2.21. The molecule has 0 atom stereocenters. The Bertz CT molecular complexity index is 1430. The molecule has 0 radical (unpaired) electrons. The monoisotopic (exact) mass is 562 g/mol. The molecule has 40 heavy (non-hydrogen) atoms. The van der Waals surface area contributed by atoms with E-state index >= 15 is 0 Å². The molecule has 0 aromatic heterocycles. The Hall–Kier alpha value is -4.18. The summed E-state index contributed by atoms with van der Waals surface area (Å²) in [6.45, 7) is 1.85. The van der Waals surface area contributed by atoms with E-state index in [1.54, 1.807) is 60.7 Å². The Labute approximate surface area is 235 Å². The summed E-state index contributed by atoms with van der Waals surface area (Å²) < 4.78 is 32.6. The highest BCUT2D eigenvalue weighted by Crippen LogP contribution is 2.23. The van der Waals surface area contributed by atoms with Crippen LogP contribution in [-0.2, 0) is 14.8 Å². The maximum atomic E-state index is 12.9. The SMILES string of the molecule is Cc1ccc(S(=O)(=O)N(C)c2ccc(C(=O)N/N=C\c3ccc(OCC(=O)NC4CCCCC4)cc3)cc2)cc1. The second-order valence-corrected chi connectivity index (χ2v) is 11.8. The van der Waals surface area contributed by atoms with E-state index in [1.165, 1.54) is 36.1 Å². The van der Waals surface area contributed by atoms with Crippen molar-refractivity contribution in [1.29, 1.82) is 0 Å². The molecule has 0 aliphatic heterocycles. The predicted octanol–water partition coefficient (Wildman–Crippen LogP) is 4.41. The first-order chi connectivity index (χ1) is 19.2. The lowest BCUT2D eigenvalue weighted by atomic mass is 9.95. The van der Waals surface area contributed by atoms with Crippen molar-refractivity contribution in [2.75, 3.05) is 18.0 Å². The molecule has 3 aromatic carbocycles. The molecule has 1 saturated carbocycles. The van der Waals surface area contributed by atoms with Gasteiger partial charge in [0.05, 0.1) is 16.8 Å². The maximum Gasteiger partial charge on any atom is 0.271 e. The minimum atomic E-state index is -3.72. The fraction of sp³-hybridized carbons (Fsp3) is 0.300. The van der Waals surface area contributed by atoms with Crippen LogP contribution in [-0.4, -0.2) is 46.1 Å². The summed E-state index contributed by atoms with van der Waals surface area (Å²) in [5.74, 6) is 0.0121. The van der Waals surface area contributed by atoms with Gasteiger partial charge in [-0.3, -0.25) is 13.9 Å². The first-order valence-electron chi connectivity index (χ1n) is 13.2. The molecule has 0 saturated heterocycles. The number of carbonyl (C=O) groups is 2. The Kier molecular flexibility index (Phi) is 9.55. The molecule has 0 spiro atoms. The van der Waals surface area contributed by atoms with E-state index in [-0.39, 0.29) is 23.5 Å². The van der Waals surface area contributed by atoms with Crippen molar-refractivity contribution >= 4 is 33.7 Å². The number of amides is 2. The second kappa shape index (κ2) is 13.3. The lowest BCUT2D eigenvalue weighted by Gasteiger charge is -2.22. The molecule has 0 bridgehead atoms. The lowest BCUT2D eigenvalue weighted by Crippen LogP contribution is -2.38. The van der Waals surface area contributed by atoms with Crippen molar-refractivity contribution in [3.05, 3.63) is 89.5 Å². The predicted molar refractivity (Wildman–Crippen MR) is 155 cm³/mol. The Balaban J connectivity index is 1.25. The fourth-order valence-corrected chi connectivity index (χ4v) is 5.57. The van der Waals surface area contributed by atoms with Gasteiger partial charge in [-0.25, -0.2) is 13.8 Å². The van der Waals surface area contributed by atoms with Gasteiger partial charge in [-0.15, -0.1) is 0 Å². The molecule has 1 fully saturated rings. The number of benzene rings is 3. The van der Waals surface area contributed by atoms with Crippen LogP contribution >= 0.6 is 0 Å². The standard InChI is InChI=1S/C30H34N4O5S/c1-22-8-18-28(19-9-22)40(37,38)34(2)26-14-12-24(13-15-26)30(36)33-31-20-23-10-16-27(17-11-23)39-21-29(35)32-25-6-4-3-5-7-25/h8-20,25H,3-7,21H2,1-2H3,(H,32,35)(H,33,36)/b31-20-. The Morgan fingerprint density at radius 1 is 0.950 bits per heavy atom. The molecule has 2 amide bonds. The van der Waals surface area contributed by atoms with Crippen LogP contribution in [0.3, 0.4) is 0 Å². The van der Waals surface area contributed by atoms with E-state index in [9.17, 15) is 18.0 Å². The lowest BCUT2D eigenvalue weighted by molar-refractivity contribution is -0.124. The van der Waals surface area contributed by atoms with Crippen molar-refractivity contribution in [1.82, 2.24) is 10.7 Å². The first kappa shape index (κ1) is 28.8. The smallest absolute Gasteiger partial charge is 0.271 e. The second-order valence-electron chi connectivity index (χ2n) is 9.79. The van der Waals surface area contributed by atoms with Crippen LogP contribution in [0.1, 0.15) is 53.6 Å². The molecular weight excluding hydrogens is 528 g/mol. The van der Waals surface area contributed by atoms with Crippen molar-refractivity contribution in [2.45, 2.75) is 50.0 Å². The van der Waals surface area contributed by atoms with Crippen LogP contribution in [0, 0.1) is 6.92 Å². The number of nitrogens with zero attached hydrogens (tertiary/aromatic N) is 2. The fourth-order valence-electron chi connectivity index (χ4n) is 4.38. The van der Waals surface area contributed by atoms with Gasteiger partial charge in [-0.1, -0.05) is 37.0 Å². The number of hydrazone groups is 1. The van der Waals surface area contributed by atoms with Gasteiger partial charge in [-0.05, 0) is 86.0 Å². The van der Waals surface area contributed by atoms with Crippen LogP contribution in [0.4, 0.5) is 5.69 Å². The number of hydrogen-bond acceptors (Lipinski definition) is 6. The average molecular weight is 563 g/mol. The molecular formula is C30H34N4O5S. The number of carbonyl (C=O) groups excluding carboxylic acids is 2. The van der Waals surface area contributed by atoms with Crippen LogP contribution < -0.4 is 19.8 Å². The molecule has 9 nitrogen and oxygen atoms in total. The van der Waals surface area contributed by atoms with E-state index in [1.807, 2.05) is 6.92 Å². The van der Waals surface area contributed by atoms with Crippen molar-refractivity contribution in [3.8, 4) is 5.75 Å². The molecule has 1 aliphatic rings. The molecule has 3 aromatic rings. The van der Waals surface area contributed by atoms with E-state index in [0.29, 0.717) is 17.0 Å². The molecule has 2 N–H and O–H groups in total. The van der Waals surface area contributed by atoms with Crippen molar-refractivity contribution in [2.24, 2.45) is 5.10 Å². The zero-order valence-electron chi connectivity index (χ0n) is 22.7. The van der Waals surface area contributed by atoms with Crippen molar-refractivity contribution < 1.29 is 22.7 Å². The van der Waals surface area contributed by atoms with Crippen LogP contribution in [0.2, 0.25) is 0 Å². The van der Waals surface area contributed by atoms with Gasteiger partial charge >= 0.3 is 0 Å². The van der Waals surface area contributed by atoms with Gasteiger partial charge in [0.1, 0.15) is 5.75 Å². The molecule has 4 rings (SSSR count). The van der Waals surface area contributed by atoms with Gasteiger partial charge in [0, 0.05) is 18.7 Å². The minimum Gasteiger partial charge on any atom is -0.484 e. The van der Waals surface area contributed by atoms with Gasteiger partial charge in [0.2, 0.25) is 0 Å². The quantitative estimate of drug-likeness (QED) is 0.280. The van der Waals surface area contributed by atoms with Gasteiger partial charge < -0.3 is 10.1 Å². The number of sulfonamides is 1. The molecule has 210 valence electrons. The summed E-state index contributed by atoms with van der Waals surface area (Å²) in [7, 11) is -2.25. The molecule has 10 heteroatoms. The van der Waals surface area contributed by atoms with E-state index in [0.717, 1.165) is 36.8 Å². The minimum absolute atomic E-state index is 0.0353. The number of rotatable bonds is 10. The largest absolute Gasteiger partial charge is 0.484 e. The number of anilines is 1. The number of ether oxygens (including phenoxy) is 1. The topological polar surface area (TPSA) is 117 Å². The zero-order valence-corrected chi connectivity index (χ0v) is 23.5. The average Bonchev–Trinajstić information content (AvgIpc) is 2.97. The summed E-state index contributed by atoms with van der Waals surface area (Å²) in [6.07, 6.45) is 7.08. The van der Waals surface area contributed by atoms with Crippen molar-refractivity contribution in [3.63, 3.8) is 0 Å². The highest BCUT2D eigenvalue weighted by atomic mass is 32.2. The number of aryl methyl sites for hydroxylation is 1. The number of nitrogens with one attached hydrogen (secondary N) is 2. The summed E-state index contributed by atoms with van der Waals surface area (Å²) in [5.41, 5.74) is 4.92. The first-order valence-corrected chi connectivity index (χ1v) is 14.7. The molecule has 1 aliphatic carbocycles. The Morgan fingerprint density at radius 2 is 1.60 bits per heavy atom. The third-order valence-electron chi connectivity index (χ3n) is 6.77. The van der Waals surface area contributed by atoms with Crippen LogP contribution in [0.5, 0.6) is 5.75 Å². The summed E-state index contributed by atoms with van der Waals surface area (Å²) >= 11 is 0. The van der Waals surface area contributed by atoms with Crippen LogP contribution in [0.25, 0.3) is 0 Å². The third-order valence-corrected chi connectivity index (χ3v) is 8.57. The van der Waals surface area contributed by atoms with Crippen LogP contribution in [0.15, 0.2) is 82.8 Å². The molecule has 0 heterocycles. The summed E-state index contributed by atoms with van der Waals surface area (Å²) in [5, 5.41) is 7.02. The molecule has 0 unspecified atom stereocenters. The Morgan fingerprint density at radius 3 is 2.25 bits per heavy atom.